The molecule has 0 radical (unpaired) electrons. The Labute approximate surface area is 270 Å². The predicted molar refractivity (Wildman–Crippen MR) is 172 cm³/mol. The van der Waals surface area contributed by atoms with Crippen LogP contribution in [0.5, 0.6) is 5.75 Å². The van der Waals surface area contributed by atoms with Crippen molar-refractivity contribution < 1.29 is 27.5 Å². The van der Waals surface area contributed by atoms with E-state index < -0.39 is 34.2 Å². The van der Waals surface area contributed by atoms with Crippen LogP contribution in [-0.4, -0.2) is 77.8 Å². The maximum atomic E-state index is 13.4. The van der Waals surface area contributed by atoms with Crippen LogP contribution in [0.3, 0.4) is 0 Å². The molecule has 2 bridgehead atoms. The molecular formula is C33H41ClN4O6S. The topological polar surface area (TPSA) is 117 Å². The molecule has 2 aromatic carbocycles. The average molecular weight is 657 g/mol. The van der Waals surface area contributed by atoms with Crippen molar-refractivity contribution in [1.82, 2.24) is 14.9 Å². The Balaban J connectivity index is 1.43. The Hall–Kier alpha value is -3.28. The molecule has 10 nitrogen and oxygen atoms in total. The van der Waals surface area contributed by atoms with Gasteiger partial charge in [0.15, 0.2) is 0 Å². The highest BCUT2D eigenvalue weighted by Crippen LogP contribution is 2.47. The highest BCUT2D eigenvalue weighted by Gasteiger charge is 2.45. The second-order valence-electron chi connectivity index (χ2n) is 13.0. The molecule has 5 atom stereocenters. The van der Waals surface area contributed by atoms with Crippen molar-refractivity contribution in [2.45, 2.75) is 61.5 Å². The van der Waals surface area contributed by atoms with Gasteiger partial charge >= 0.3 is 6.09 Å². The van der Waals surface area contributed by atoms with Crippen LogP contribution in [0.25, 0.3) is 0 Å². The molecule has 2 aromatic rings. The van der Waals surface area contributed by atoms with E-state index >= 15 is 0 Å². The minimum atomic E-state index is -4.15. The third-order valence-electron chi connectivity index (χ3n) is 9.77. The predicted octanol–water partition coefficient (Wildman–Crippen LogP) is 4.26. The van der Waals surface area contributed by atoms with Crippen molar-refractivity contribution in [2.24, 2.45) is 11.8 Å². The van der Waals surface area contributed by atoms with Gasteiger partial charge in [0.25, 0.3) is 15.9 Å². The highest BCUT2D eigenvalue weighted by molar-refractivity contribution is 7.90. The normalized spacial score (nSPS) is 30.0. The van der Waals surface area contributed by atoms with Crippen LogP contribution < -0.4 is 19.7 Å². The maximum absolute atomic E-state index is 13.4. The summed E-state index contributed by atoms with van der Waals surface area (Å²) in [6.45, 7) is 3.59. The lowest BCUT2D eigenvalue weighted by atomic mass is 9.68. The Bertz CT molecular complexity index is 1610. The minimum absolute atomic E-state index is 0.00267. The molecule has 12 heteroatoms. The van der Waals surface area contributed by atoms with Crippen LogP contribution in [0.2, 0.25) is 5.02 Å². The Morgan fingerprint density at radius 3 is 2.76 bits per heavy atom. The summed E-state index contributed by atoms with van der Waals surface area (Å²) in [5.41, 5.74) is 2.77. The molecule has 2 amide bonds. The lowest BCUT2D eigenvalue weighted by molar-refractivity contribution is -0.120. The Kier molecular flexibility index (Phi) is 8.80. The number of fused-ring (bicyclic) bond motifs is 4. The number of sulfonamides is 1. The fraction of sp³-hybridized carbons (Fsp3) is 0.515. The Morgan fingerprint density at radius 2 is 2.00 bits per heavy atom. The van der Waals surface area contributed by atoms with E-state index in [1.165, 1.54) is 22.1 Å². The summed E-state index contributed by atoms with van der Waals surface area (Å²) >= 11 is 6.40. The number of anilines is 1. The van der Waals surface area contributed by atoms with Crippen LogP contribution in [0.1, 0.15) is 43.7 Å². The van der Waals surface area contributed by atoms with Gasteiger partial charge in [0.2, 0.25) is 0 Å². The van der Waals surface area contributed by atoms with Gasteiger partial charge in [-0.05, 0) is 92.5 Å². The third kappa shape index (κ3) is 6.39. The summed E-state index contributed by atoms with van der Waals surface area (Å²) in [6.07, 6.45) is 7.55. The summed E-state index contributed by atoms with van der Waals surface area (Å²) in [5, 5.41) is 3.74. The first kappa shape index (κ1) is 31.7. The molecular weight excluding hydrogens is 616 g/mol. The number of aryl methyl sites for hydroxylation is 1. The summed E-state index contributed by atoms with van der Waals surface area (Å²) < 4.78 is 41.6. The summed E-state index contributed by atoms with van der Waals surface area (Å²) in [4.78, 5) is 29.3. The van der Waals surface area contributed by atoms with Crippen molar-refractivity contribution in [3.8, 4) is 5.75 Å². The van der Waals surface area contributed by atoms with E-state index in [2.05, 4.69) is 21.0 Å². The molecule has 4 aliphatic rings. The maximum Gasteiger partial charge on any atom is 0.409 e. The molecule has 242 valence electrons. The molecule has 6 rings (SSSR count). The molecule has 2 aliphatic carbocycles. The van der Waals surface area contributed by atoms with Gasteiger partial charge in [-0.25, -0.2) is 17.9 Å². The molecule has 2 N–H and O–H groups in total. The summed E-state index contributed by atoms with van der Waals surface area (Å²) in [7, 11) is -0.823. The summed E-state index contributed by atoms with van der Waals surface area (Å²) in [5.74, 6) is 0.197. The number of nitrogens with zero attached hydrogens (tertiary/aromatic N) is 2. The first-order chi connectivity index (χ1) is 21.5. The van der Waals surface area contributed by atoms with Gasteiger partial charge in [0.1, 0.15) is 11.9 Å². The van der Waals surface area contributed by atoms with E-state index in [1.807, 2.05) is 24.3 Å². The molecule has 0 unspecified atom stereocenters. The van der Waals surface area contributed by atoms with Crippen molar-refractivity contribution in [1.29, 1.82) is 0 Å². The zero-order valence-electron chi connectivity index (χ0n) is 25.9. The lowest BCUT2D eigenvalue weighted by Crippen LogP contribution is -2.50. The largest absolute Gasteiger partial charge is 0.490 e. The number of ether oxygens (including phenoxy) is 2. The average Bonchev–Trinajstić information content (AvgIpc) is 3.13. The number of hydrogen-bond donors (Lipinski definition) is 2. The quantitative estimate of drug-likeness (QED) is 0.438. The van der Waals surface area contributed by atoms with Gasteiger partial charge < -0.3 is 24.6 Å². The van der Waals surface area contributed by atoms with Gasteiger partial charge in [0.05, 0.1) is 23.2 Å². The number of amides is 2. The third-order valence-corrected chi connectivity index (χ3v) is 11.3. The lowest BCUT2D eigenvalue weighted by Gasteiger charge is -2.46. The van der Waals surface area contributed by atoms with Crippen LogP contribution in [0.4, 0.5) is 10.5 Å². The number of rotatable bonds is 1. The van der Waals surface area contributed by atoms with E-state index in [4.69, 9.17) is 21.1 Å². The van der Waals surface area contributed by atoms with Gasteiger partial charge in [-0.2, -0.15) is 0 Å². The fourth-order valence-corrected chi connectivity index (χ4v) is 8.38. The number of carbonyl (C=O) groups excluding carboxylic acids is 2. The van der Waals surface area contributed by atoms with Crippen molar-refractivity contribution >= 4 is 39.3 Å². The number of benzene rings is 2. The Morgan fingerprint density at radius 1 is 1.18 bits per heavy atom. The summed E-state index contributed by atoms with van der Waals surface area (Å²) in [6, 6.07) is 10.1. The number of hydrogen-bond acceptors (Lipinski definition) is 8. The molecule has 45 heavy (non-hydrogen) atoms. The molecule has 1 fully saturated rings. The SMILES string of the molecule is C[C@H]1NC/C=C/[C@H](OC(=O)N(C)C)[C@@H]2CC[C@H]2CN2C[C@@]3(CCCc4cc(Cl)ccc43)COc3ccc(cc32)S(=O)(=O)NC1=O. The zero-order chi connectivity index (χ0) is 31.9. The van der Waals surface area contributed by atoms with Crippen LogP contribution in [-0.2, 0) is 31.4 Å². The number of carbonyl (C=O) groups is 2. The standard InChI is InChI=1S/C33H41ClN4O6S/c1-21-31(39)36-45(41,42)25-10-13-30-28(17-25)38(19-33(20-43-30)14-4-6-22-16-24(34)9-12-27(22)33)18-23-8-11-26(23)29(7-5-15-35-21)44-32(40)37(2)3/h5,7,9-10,12-13,16-17,21,23,26,29,35H,4,6,8,11,14-15,18-20H2,1-3H3,(H,36,39)/b7-5+/t21-,23+,26-,29+,33+/m1/s1. The molecule has 1 saturated carbocycles. The fourth-order valence-electron chi connectivity index (χ4n) is 7.11. The van der Waals surface area contributed by atoms with Gasteiger partial charge in [-0.3, -0.25) is 4.79 Å². The molecule has 1 spiro atoms. The second-order valence-corrected chi connectivity index (χ2v) is 15.1. The highest BCUT2D eigenvalue weighted by atomic mass is 35.5. The van der Waals surface area contributed by atoms with E-state index in [1.54, 1.807) is 33.2 Å². The van der Waals surface area contributed by atoms with Gasteiger partial charge in [-0.1, -0.05) is 23.7 Å². The number of nitrogens with one attached hydrogen (secondary N) is 2. The van der Waals surface area contributed by atoms with Crippen LogP contribution >= 0.6 is 11.6 Å². The van der Waals surface area contributed by atoms with Crippen molar-refractivity contribution in [3.63, 3.8) is 0 Å². The molecule has 2 aliphatic heterocycles. The van der Waals surface area contributed by atoms with Gasteiger partial charge in [-0.15, -0.1) is 0 Å². The molecule has 0 saturated heterocycles. The molecule has 0 aromatic heterocycles. The van der Waals surface area contributed by atoms with Gasteiger partial charge in [0, 0.05) is 50.1 Å². The monoisotopic (exact) mass is 656 g/mol. The van der Waals surface area contributed by atoms with Crippen LogP contribution in [0.15, 0.2) is 53.4 Å². The first-order valence-corrected chi connectivity index (χ1v) is 17.5. The first-order valence-electron chi connectivity index (χ1n) is 15.6. The molecule has 2 heterocycles. The van der Waals surface area contributed by atoms with Crippen molar-refractivity contribution in [3.05, 3.63) is 64.7 Å². The minimum Gasteiger partial charge on any atom is -0.490 e. The zero-order valence-corrected chi connectivity index (χ0v) is 27.5. The van der Waals surface area contributed by atoms with Crippen LogP contribution in [0, 0.1) is 11.8 Å². The van der Waals surface area contributed by atoms with E-state index in [0.29, 0.717) is 42.7 Å². The number of halogens is 1. The van der Waals surface area contributed by atoms with E-state index in [-0.39, 0.29) is 22.1 Å². The van der Waals surface area contributed by atoms with E-state index in [9.17, 15) is 18.0 Å². The smallest absolute Gasteiger partial charge is 0.409 e. The van der Waals surface area contributed by atoms with Crippen molar-refractivity contribution in [2.75, 3.05) is 45.2 Å². The second kappa shape index (κ2) is 12.5. The van der Waals surface area contributed by atoms with E-state index in [0.717, 1.165) is 32.1 Å².